The number of urea groups is 1. The van der Waals surface area contributed by atoms with Crippen LogP contribution in [0.3, 0.4) is 0 Å². The number of aliphatic hydroxyl groups is 1. The molecule has 2 aliphatic rings. The maximum atomic E-state index is 13.3. The van der Waals surface area contributed by atoms with Gasteiger partial charge in [0.15, 0.2) is 0 Å². The Morgan fingerprint density at radius 3 is 2.80 bits per heavy atom. The molecule has 6 nitrogen and oxygen atoms in total. The van der Waals surface area contributed by atoms with Gasteiger partial charge < -0.3 is 25.4 Å². The van der Waals surface area contributed by atoms with Crippen molar-refractivity contribution in [3.05, 3.63) is 34.9 Å². The van der Waals surface area contributed by atoms with Gasteiger partial charge in [-0.3, -0.25) is 0 Å². The summed E-state index contributed by atoms with van der Waals surface area (Å²) in [4.78, 5) is 14.9. The number of hydrogen-bond donors (Lipinski definition) is 3. The second kappa shape index (κ2) is 12.7. The number of carbonyl (C=O) groups is 1. The number of rotatable bonds is 12. The molecule has 2 fully saturated rings. The average Bonchev–Trinajstić information content (AvgIpc) is 2.80. The molecule has 2 amide bonds. The smallest absolute Gasteiger partial charge is 0.317 e. The van der Waals surface area contributed by atoms with E-state index in [9.17, 15) is 18.7 Å². The van der Waals surface area contributed by atoms with E-state index < -0.39 is 11.5 Å². The van der Waals surface area contributed by atoms with Gasteiger partial charge in [0, 0.05) is 63.2 Å². The maximum Gasteiger partial charge on any atom is 0.317 e. The predicted molar refractivity (Wildman–Crippen MR) is 134 cm³/mol. The Bertz CT molecular complexity index is 823. The molecular formula is C26H40ClF2N3O3. The molecule has 35 heavy (non-hydrogen) atoms. The second-order valence-corrected chi connectivity index (χ2v) is 10.7. The van der Waals surface area contributed by atoms with E-state index >= 15 is 0 Å². The molecule has 1 saturated carbocycles. The number of amides is 2. The van der Waals surface area contributed by atoms with Crippen molar-refractivity contribution in [3.63, 3.8) is 0 Å². The molecular weight excluding hydrogens is 476 g/mol. The third-order valence-electron chi connectivity index (χ3n) is 7.44. The van der Waals surface area contributed by atoms with Crippen LogP contribution in [0.4, 0.5) is 13.6 Å². The van der Waals surface area contributed by atoms with E-state index in [1.807, 2.05) is 18.2 Å². The van der Waals surface area contributed by atoms with Gasteiger partial charge in [0.25, 0.3) is 0 Å². The largest absolute Gasteiger partial charge is 0.385 e. The van der Waals surface area contributed by atoms with E-state index in [4.69, 9.17) is 16.3 Å². The molecule has 1 heterocycles. The molecule has 0 spiro atoms. The van der Waals surface area contributed by atoms with Crippen LogP contribution in [0.1, 0.15) is 56.9 Å². The number of unbranched alkanes of at least 4 members (excludes halogenated alkanes) is 1. The molecule has 0 bridgehead atoms. The zero-order chi connectivity index (χ0) is 25.5. The van der Waals surface area contributed by atoms with Crippen LogP contribution in [0.2, 0.25) is 5.02 Å². The predicted octanol–water partition coefficient (Wildman–Crippen LogP) is 4.79. The molecule has 9 heteroatoms. The highest BCUT2D eigenvalue weighted by molar-refractivity contribution is 6.30. The summed E-state index contributed by atoms with van der Waals surface area (Å²) in [6.45, 7) is 2.18. The Labute approximate surface area is 212 Å². The molecule has 0 radical (unpaired) electrons. The number of benzene rings is 1. The van der Waals surface area contributed by atoms with Crippen LogP contribution in [0.15, 0.2) is 24.3 Å². The van der Waals surface area contributed by atoms with E-state index in [-0.39, 0.29) is 36.8 Å². The van der Waals surface area contributed by atoms with Crippen LogP contribution in [0.25, 0.3) is 0 Å². The molecule has 1 aliphatic heterocycles. The molecule has 3 atom stereocenters. The Kier molecular flexibility index (Phi) is 10.2. The van der Waals surface area contributed by atoms with Gasteiger partial charge in [-0.1, -0.05) is 23.7 Å². The van der Waals surface area contributed by atoms with Crippen molar-refractivity contribution in [3.8, 4) is 0 Å². The minimum atomic E-state index is -2.56. The number of hydrogen-bond acceptors (Lipinski definition) is 4. The summed E-state index contributed by atoms with van der Waals surface area (Å²) >= 11 is 6.26. The Hall–Kier alpha value is -1.48. The van der Waals surface area contributed by atoms with Crippen LogP contribution in [-0.4, -0.2) is 68.4 Å². The number of ether oxygens (including phenoxy) is 1. The highest BCUT2D eigenvalue weighted by Gasteiger charge is 2.46. The second-order valence-electron chi connectivity index (χ2n) is 10.2. The summed E-state index contributed by atoms with van der Waals surface area (Å²) in [7, 11) is 3.46. The van der Waals surface area contributed by atoms with Crippen LogP contribution >= 0.6 is 11.6 Å². The van der Waals surface area contributed by atoms with Crippen LogP contribution in [0, 0.1) is 11.8 Å². The van der Waals surface area contributed by atoms with Gasteiger partial charge in [-0.15, -0.1) is 0 Å². The first-order valence-electron chi connectivity index (χ1n) is 12.7. The quantitative estimate of drug-likeness (QED) is 0.350. The van der Waals surface area contributed by atoms with E-state index in [1.54, 1.807) is 25.1 Å². The average molecular weight is 516 g/mol. The lowest BCUT2D eigenvalue weighted by Crippen LogP contribution is -2.54. The molecule has 3 rings (SSSR count). The number of halogens is 3. The number of alkyl halides is 2. The van der Waals surface area contributed by atoms with Crippen molar-refractivity contribution in [2.75, 3.05) is 40.4 Å². The van der Waals surface area contributed by atoms with Crippen LogP contribution in [-0.2, 0) is 10.3 Å². The lowest BCUT2D eigenvalue weighted by molar-refractivity contribution is -0.113. The number of likely N-dealkylation sites (tertiary alicyclic amines) is 1. The highest BCUT2D eigenvalue weighted by Crippen LogP contribution is 2.44. The first-order valence-corrected chi connectivity index (χ1v) is 13.1. The third-order valence-corrected chi connectivity index (χ3v) is 7.67. The number of carbonyl (C=O) groups excluding carboxylic acids is 1. The molecule has 1 aromatic rings. The van der Waals surface area contributed by atoms with Gasteiger partial charge in [0.2, 0.25) is 5.92 Å². The van der Waals surface area contributed by atoms with Gasteiger partial charge in [0.1, 0.15) is 0 Å². The van der Waals surface area contributed by atoms with Crippen molar-refractivity contribution in [2.45, 2.75) is 68.9 Å². The van der Waals surface area contributed by atoms with E-state index in [2.05, 4.69) is 10.6 Å². The number of piperidine rings is 1. The summed E-state index contributed by atoms with van der Waals surface area (Å²) in [5.74, 6) is -2.78. The summed E-state index contributed by atoms with van der Waals surface area (Å²) in [6, 6.07) is 6.94. The number of nitrogens with one attached hydrogen (secondary N) is 2. The Morgan fingerprint density at radius 1 is 1.37 bits per heavy atom. The molecule has 3 N–H and O–H groups in total. The zero-order valence-corrected chi connectivity index (χ0v) is 21.6. The van der Waals surface area contributed by atoms with Gasteiger partial charge in [0.05, 0.1) is 5.60 Å². The molecule has 1 aromatic carbocycles. The highest BCUT2D eigenvalue weighted by atomic mass is 35.5. The fourth-order valence-electron chi connectivity index (χ4n) is 5.59. The third kappa shape index (κ3) is 7.75. The zero-order valence-electron chi connectivity index (χ0n) is 20.9. The van der Waals surface area contributed by atoms with Gasteiger partial charge >= 0.3 is 6.03 Å². The lowest BCUT2D eigenvalue weighted by atomic mass is 9.74. The van der Waals surface area contributed by atoms with Crippen molar-refractivity contribution in [2.24, 2.45) is 11.8 Å². The van der Waals surface area contributed by atoms with Crippen molar-refractivity contribution < 1.29 is 23.4 Å². The standard InChI is InChI=1S/C26H40ClF2N3O3/c1-30-17-23(13-19-15-25(28,29)16-19)31-24(33)32-11-6-8-21(18-32)26(34,10-3-4-12-35-2)20-7-5-9-22(27)14-20/h5,7,9,14,19,21,23,30,34H,3-4,6,8,10-13,15-18H2,1-2H3,(H,31,33). The van der Waals surface area contributed by atoms with Crippen LogP contribution in [0.5, 0.6) is 0 Å². The van der Waals surface area contributed by atoms with Gasteiger partial charge in [-0.2, -0.15) is 0 Å². The van der Waals surface area contributed by atoms with Crippen molar-refractivity contribution >= 4 is 17.6 Å². The maximum absolute atomic E-state index is 13.3. The van der Waals surface area contributed by atoms with Crippen molar-refractivity contribution in [1.29, 1.82) is 0 Å². The topological polar surface area (TPSA) is 73.8 Å². The Balaban J connectivity index is 1.67. The first-order chi connectivity index (χ1) is 16.7. The fourth-order valence-corrected chi connectivity index (χ4v) is 5.78. The number of likely N-dealkylation sites (N-methyl/N-ethyl adjacent to an activating group) is 1. The molecule has 0 aromatic heterocycles. The number of methoxy groups -OCH3 is 1. The first kappa shape index (κ1) is 28.1. The number of nitrogens with zero attached hydrogens (tertiary/aromatic N) is 1. The summed E-state index contributed by atoms with van der Waals surface area (Å²) in [6.07, 6.45) is 4.08. The van der Waals surface area contributed by atoms with Gasteiger partial charge in [-0.05, 0) is 69.2 Å². The van der Waals surface area contributed by atoms with E-state index in [0.717, 1.165) is 31.2 Å². The molecule has 198 valence electrons. The van der Waals surface area contributed by atoms with E-state index in [1.165, 1.54) is 0 Å². The molecule has 1 saturated heterocycles. The summed E-state index contributed by atoms with van der Waals surface area (Å²) < 4.78 is 31.7. The monoisotopic (exact) mass is 515 g/mol. The molecule has 1 aliphatic carbocycles. The molecule has 3 unspecified atom stereocenters. The van der Waals surface area contributed by atoms with Crippen LogP contribution < -0.4 is 10.6 Å². The fraction of sp³-hybridized carbons (Fsp3) is 0.731. The summed E-state index contributed by atoms with van der Waals surface area (Å²) in [5.41, 5.74) is -0.340. The minimum Gasteiger partial charge on any atom is -0.385 e. The minimum absolute atomic E-state index is 0.0715. The Morgan fingerprint density at radius 2 is 2.14 bits per heavy atom. The van der Waals surface area contributed by atoms with Crippen molar-refractivity contribution in [1.82, 2.24) is 15.5 Å². The summed E-state index contributed by atoms with van der Waals surface area (Å²) in [5, 5.41) is 18.7. The van der Waals surface area contributed by atoms with E-state index in [0.29, 0.717) is 44.1 Å². The lowest BCUT2D eigenvalue weighted by Gasteiger charge is -2.43. The normalized spacial score (nSPS) is 22.8. The SMILES string of the molecule is CNCC(CC1CC(F)(F)C1)NC(=O)N1CCCC(C(O)(CCCCOC)c2cccc(Cl)c2)C1. The van der Waals surface area contributed by atoms with Gasteiger partial charge in [-0.25, -0.2) is 13.6 Å².